The summed E-state index contributed by atoms with van der Waals surface area (Å²) in [6, 6.07) is -3.46. The minimum atomic E-state index is -1.38. The second kappa shape index (κ2) is 8.98. The topological polar surface area (TPSA) is 159 Å². The zero-order valence-corrected chi connectivity index (χ0v) is 12.8. The molecule has 2 amide bonds. The van der Waals surface area contributed by atoms with E-state index in [9.17, 15) is 19.2 Å². The van der Waals surface area contributed by atoms with E-state index in [0.717, 1.165) is 0 Å². The van der Waals surface area contributed by atoms with Crippen LogP contribution in [0.4, 0.5) is 0 Å². The Morgan fingerprint density at radius 2 is 1.55 bits per heavy atom. The number of nitrogens with two attached hydrogens (primary N) is 1. The van der Waals surface area contributed by atoms with Crippen molar-refractivity contribution in [2.45, 2.75) is 51.7 Å². The molecule has 0 aliphatic rings. The standard InChI is InChI=1S/C13H23N3O6/c1-6(2)4-8(14)11(19)16-9(5-10(17)18)12(20)15-7(3)13(21)22/h6-9H,4-5,14H2,1-3H3,(H,15,20)(H,16,19)(H,17,18)(H,21,22). The zero-order chi connectivity index (χ0) is 17.4. The molecule has 0 aromatic heterocycles. The molecule has 6 N–H and O–H groups in total. The highest BCUT2D eigenvalue weighted by Crippen LogP contribution is 2.04. The molecule has 0 spiro atoms. The van der Waals surface area contributed by atoms with Crippen LogP contribution in [-0.2, 0) is 19.2 Å². The molecule has 0 rings (SSSR count). The van der Waals surface area contributed by atoms with Crippen molar-refractivity contribution < 1.29 is 29.4 Å². The fourth-order valence-electron chi connectivity index (χ4n) is 1.65. The van der Waals surface area contributed by atoms with E-state index < -0.39 is 48.3 Å². The summed E-state index contributed by atoms with van der Waals surface area (Å²) in [6.07, 6.45) is -0.295. The molecule has 0 heterocycles. The van der Waals surface area contributed by atoms with Gasteiger partial charge >= 0.3 is 11.9 Å². The maximum Gasteiger partial charge on any atom is 0.325 e. The van der Waals surface area contributed by atoms with Crippen molar-refractivity contribution in [2.75, 3.05) is 0 Å². The summed E-state index contributed by atoms with van der Waals surface area (Å²) in [4.78, 5) is 45.2. The van der Waals surface area contributed by atoms with E-state index in [-0.39, 0.29) is 5.92 Å². The van der Waals surface area contributed by atoms with Crippen LogP contribution < -0.4 is 16.4 Å². The molecule has 3 atom stereocenters. The first-order chi connectivity index (χ1) is 10.0. The van der Waals surface area contributed by atoms with Crippen molar-refractivity contribution in [3.8, 4) is 0 Å². The summed E-state index contributed by atoms with van der Waals surface area (Å²) < 4.78 is 0. The van der Waals surface area contributed by atoms with Gasteiger partial charge in [-0.15, -0.1) is 0 Å². The lowest BCUT2D eigenvalue weighted by Gasteiger charge is -2.21. The molecule has 0 fully saturated rings. The molecule has 0 radical (unpaired) electrons. The number of amides is 2. The van der Waals surface area contributed by atoms with Gasteiger partial charge in [-0.25, -0.2) is 0 Å². The average Bonchev–Trinajstić information content (AvgIpc) is 2.35. The van der Waals surface area contributed by atoms with Gasteiger partial charge in [-0.1, -0.05) is 13.8 Å². The monoisotopic (exact) mass is 317 g/mol. The van der Waals surface area contributed by atoms with E-state index in [2.05, 4.69) is 10.6 Å². The van der Waals surface area contributed by atoms with Crippen molar-refractivity contribution in [1.29, 1.82) is 0 Å². The Morgan fingerprint density at radius 3 is 1.95 bits per heavy atom. The van der Waals surface area contributed by atoms with E-state index in [1.54, 1.807) is 0 Å². The average molecular weight is 317 g/mol. The second-order valence-corrected chi connectivity index (χ2v) is 5.46. The summed E-state index contributed by atoms with van der Waals surface area (Å²) in [5, 5.41) is 21.9. The number of carbonyl (C=O) groups is 4. The molecule has 0 saturated heterocycles. The van der Waals surface area contributed by atoms with E-state index in [1.165, 1.54) is 6.92 Å². The molecule has 9 nitrogen and oxygen atoms in total. The van der Waals surface area contributed by atoms with Crippen molar-refractivity contribution in [1.82, 2.24) is 10.6 Å². The fraction of sp³-hybridized carbons (Fsp3) is 0.692. The van der Waals surface area contributed by atoms with Crippen LogP contribution in [0, 0.1) is 5.92 Å². The third-order valence-corrected chi connectivity index (χ3v) is 2.80. The number of rotatable bonds is 9. The lowest BCUT2D eigenvalue weighted by atomic mass is 10.0. The van der Waals surface area contributed by atoms with Crippen molar-refractivity contribution in [3.63, 3.8) is 0 Å². The number of hydrogen-bond donors (Lipinski definition) is 5. The highest BCUT2D eigenvalue weighted by atomic mass is 16.4. The van der Waals surface area contributed by atoms with Gasteiger partial charge in [0.05, 0.1) is 12.5 Å². The Kier molecular flexibility index (Phi) is 8.10. The number of carboxylic acids is 2. The maximum absolute atomic E-state index is 11.9. The minimum absolute atomic E-state index is 0.152. The van der Waals surface area contributed by atoms with Gasteiger partial charge in [0.2, 0.25) is 11.8 Å². The van der Waals surface area contributed by atoms with Crippen LogP contribution >= 0.6 is 0 Å². The molecule has 3 unspecified atom stereocenters. The van der Waals surface area contributed by atoms with Gasteiger partial charge < -0.3 is 26.6 Å². The van der Waals surface area contributed by atoms with Crippen molar-refractivity contribution in [3.05, 3.63) is 0 Å². The molecule has 0 aliphatic heterocycles. The normalized spacial score (nSPS) is 14.8. The van der Waals surface area contributed by atoms with Gasteiger partial charge in [0.25, 0.3) is 0 Å². The summed E-state index contributed by atoms with van der Waals surface area (Å²) in [5.74, 6) is -3.97. The number of hydrogen-bond acceptors (Lipinski definition) is 5. The Labute approximate surface area is 128 Å². The van der Waals surface area contributed by atoms with Crippen LogP contribution in [0.1, 0.15) is 33.6 Å². The predicted octanol–water partition coefficient (Wildman–Crippen LogP) is -1.09. The second-order valence-electron chi connectivity index (χ2n) is 5.46. The molecule has 9 heteroatoms. The van der Waals surface area contributed by atoms with Gasteiger partial charge in [0.15, 0.2) is 0 Å². The quantitative estimate of drug-likeness (QED) is 0.361. The van der Waals surface area contributed by atoms with E-state index in [4.69, 9.17) is 15.9 Å². The van der Waals surface area contributed by atoms with Gasteiger partial charge in [-0.05, 0) is 19.3 Å². The van der Waals surface area contributed by atoms with E-state index >= 15 is 0 Å². The Balaban J connectivity index is 4.83. The van der Waals surface area contributed by atoms with Gasteiger partial charge in [0, 0.05) is 0 Å². The first kappa shape index (κ1) is 19.8. The Hall–Kier alpha value is -2.16. The first-order valence-electron chi connectivity index (χ1n) is 6.85. The molecule has 0 aromatic carbocycles. The number of aliphatic carboxylic acids is 2. The Morgan fingerprint density at radius 1 is 1.00 bits per heavy atom. The van der Waals surface area contributed by atoms with Crippen LogP contribution in [0.5, 0.6) is 0 Å². The van der Waals surface area contributed by atoms with Crippen LogP contribution in [0.3, 0.4) is 0 Å². The molecule has 0 aromatic rings. The smallest absolute Gasteiger partial charge is 0.325 e. The van der Waals surface area contributed by atoms with Crippen LogP contribution in [0.15, 0.2) is 0 Å². The third-order valence-electron chi connectivity index (χ3n) is 2.80. The van der Waals surface area contributed by atoms with Gasteiger partial charge in [-0.2, -0.15) is 0 Å². The number of carboxylic acid groups (broad SMARTS) is 2. The molecule has 0 aliphatic carbocycles. The number of carbonyl (C=O) groups excluding carboxylic acids is 2. The zero-order valence-electron chi connectivity index (χ0n) is 12.8. The number of nitrogens with one attached hydrogen (secondary N) is 2. The summed E-state index contributed by atoms with van der Waals surface area (Å²) in [7, 11) is 0. The largest absolute Gasteiger partial charge is 0.481 e. The lowest BCUT2D eigenvalue weighted by Crippen LogP contribution is -2.54. The van der Waals surface area contributed by atoms with E-state index in [1.807, 2.05) is 13.8 Å². The van der Waals surface area contributed by atoms with Crippen molar-refractivity contribution >= 4 is 23.8 Å². The minimum Gasteiger partial charge on any atom is -0.481 e. The van der Waals surface area contributed by atoms with Crippen LogP contribution in [-0.4, -0.2) is 52.1 Å². The maximum atomic E-state index is 11.9. The summed E-state index contributed by atoms with van der Waals surface area (Å²) >= 11 is 0. The molecular weight excluding hydrogens is 294 g/mol. The first-order valence-corrected chi connectivity index (χ1v) is 6.85. The highest BCUT2D eigenvalue weighted by Gasteiger charge is 2.28. The van der Waals surface area contributed by atoms with Gasteiger partial charge in [0.1, 0.15) is 12.1 Å². The molecule has 0 saturated carbocycles. The van der Waals surface area contributed by atoms with Crippen molar-refractivity contribution in [2.24, 2.45) is 11.7 Å². The molecule has 126 valence electrons. The fourth-order valence-corrected chi connectivity index (χ4v) is 1.65. The SMILES string of the molecule is CC(C)CC(N)C(=O)NC(CC(=O)O)C(=O)NC(C)C(=O)O. The molecular formula is C13H23N3O6. The summed E-state index contributed by atoms with van der Waals surface area (Å²) in [5.41, 5.74) is 5.66. The lowest BCUT2D eigenvalue weighted by molar-refractivity contribution is -0.143. The molecule has 0 bridgehead atoms. The highest BCUT2D eigenvalue weighted by molar-refractivity contribution is 5.93. The third kappa shape index (κ3) is 7.58. The molecule has 22 heavy (non-hydrogen) atoms. The van der Waals surface area contributed by atoms with E-state index in [0.29, 0.717) is 6.42 Å². The Bertz CT molecular complexity index is 437. The summed E-state index contributed by atoms with van der Waals surface area (Å²) in [6.45, 7) is 4.95. The predicted molar refractivity (Wildman–Crippen MR) is 76.9 cm³/mol. The van der Waals surface area contributed by atoms with Gasteiger partial charge in [-0.3, -0.25) is 19.2 Å². The van der Waals surface area contributed by atoms with Crippen LogP contribution in [0.2, 0.25) is 0 Å². The van der Waals surface area contributed by atoms with Crippen LogP contribution in [0.25, 0.3) is 0 Å².